The minimum Gasteiger partial charge on any atom is -0.363 e. The van der Waals surface area contributed by atoms with Crippen LogP contribution in [0.15, 0.2) is 34.8 Å². The van der Waals surface area contributed by atoms with Gasteiger partial charge in [-0.2, -0.15) is 5.26 Å². The zero-order chi connectivity index (χ0) is 15.7. The summed E-state index contributed by atoms with van der Waals surface area (Å²) in [5, 5.41) is 12.4. The van der Waals surface area contributed by atoms with Gasteiger partial charge in [-0.1, -0.05) is 15.9 Å². The second-order valence-electron chi connectivity index (χ2n) is 5.60. The summed E-state index contributed by atoms with van der Waals surface area (Å²) in [6, 6.07) is 10.7. The van der Waals surface area contributed by atoms with Crippen molar-refractivity contribution in [2.45, 2.75) is 25.8 Å². The quantitative estimate of drug-likeness (QED) is 0.858. The fourth-order valence-corrected chi connectivity index (χ4v) is 3.06. The van der Waals surface area contributed by atoms with E-state index in [9.17, 15) is 4.39 Å². The molecule has 0 saturated heterocycles. The van der Waals surface area contributed by atoms with Gasteiger partial charge in [-0.25, -0.2) is 9.37 Å². The molecule has 112 valence electrons. The lowest BCUT2D eigenvalue weighted by molar-refractivity contribution is 0.613. The third kappa shape index (κ3) is 3.28. The summed E-state index contributed by atoms with van der Waals surface area (Å²) in [6.07, 6.45) is 2.25. The molecular weight excluding hydrogens is 345 g/mol. The van der Waals surface area contributed by atoms with E-state index in [2.05, 4.69) is 32.3 Å². The van der Waals surface area contributed by atoms with Crippen LogP contribution in [0, 0.1) is 30.0 Å². The van der Waals surface area contributed by atoms with Gasteiger partial charge in [0.1, 0.15) is 17.7 Å². The minimum atomic E-state index is -0.249. The molecule has 1 N–H and O–H groups in total. The number of aromatic nitrogens is 1. The largest absolute Gasteiger partial charge is 0.363 e. The summed E-state index contributed by atoms with van der Waals surface area (Å²) in [4.78, 5) is 4.43. The Morgan fingerprint density at radius 1 is 1.36 bits per heavy atom. The van der Waals surface area contributed by atoms with E-state index in [0.29, 0.717) is 23.0 Å². The molecule has 1 aliphatic carbocycles. The lowest BCUT2D eigenvalue weighted by Gasteiger charge is -2.20. The van der Waals surface area contributed by atoms with Crippen molar-refractivity contribution in [3.8, 4) is 6.07 Å². The summed E-state index contributed by atoms with van der Waals surface area (Å²) < 4.78 is 14.4. The molecule has 0 spiro atoms. The average Bonchev–Trinajstić information content (AvgIpc) is 3.28. The fourth-order valence-electron chi connectivity index (χ4n) is 2.58. The molecule has 5 heteroatoms. The number of hydrogen-bond donors (Lipinski definition) is 1. The van der Waals surface area contributed by atoms with Crippen LogP contribution < -0.4 is 5.32 Å². The molecule has 1 heterocycles. The molecule has 1 atom stereocenters. The van der Waals surface area contributed by atoms with Crippen LogP contribution in [0.1, 0.15) is 35.7 Å². The van der Waals surface area contributed by atoms with Crippen molar-refractivity contribution in [2.75, 3.05) is 5.32 Å². The molecule has 3 rings (SSSR count). The number of aryl methyl sites for hydroxylation is 1. The van der Waals surface area contributed by atoms with Crippen molar-refractivity contribution in [1.29, 1.82) is 5.26 Å². The molecule has 1 aliphatic rings. The molecule has 3 nitrogen and oxygen atoms in total. The van der Waals surface area contributed by atoms with E-state index >= 15 is 0 Å². The van der Waals surface area contributed by atoms with Crippen LogP contribution in [0.3, 0.4) is 0 Å². The second kappa shape index (κ2) is 6.05. The molecular formula is C17H15BrFN3. The monoisotopic (exact) mass is 359 g/mol. The number of nitriles is 1. The van der Waals surface area contributed by atoms with Crippen LogP contribution in [0.2, 0.25) is 0 Å². The van der Waals surface area contributed by atoms with Crippen molar-refractivity contribution in [1.82, 2.24) is 4.98 Å². The number of benzene rings is 1. The third-order valence-corrected chi connectivity index (χ3v) is 4.30. The molecule has 1 fully saturated rings. The van der Waals surface area contributed by atoms with E-state index in [1.54, 1.807) is 18.2 Å². The Bertz CT molecular complexity index is 730. The van der Waals surface area contributed by atoms with Gasteiger partial charge < -0.3 is 5.32 Å². The number of hydrogen-bond acceptors (Lipinski definition) is 3. The first-order valence-electron chi connectivity index (χ1n) is 7.17. The third-order valence-electron chi connectivity index (χ3n) is 3.85. The highest BCUT2D eigenvalue weighted by molar-refractivity contribution is 9.10. The smallest absolute Gasteiger partial charge is 0.126 e. The minimum absolute atomic E-state index is 0.0341. The Morgan fingerprint density at radius 3 is 2.73 bits per heavy atom. The van der Waals surface area contributed by atoms with Gasteiger partial charge in [-0.05, 0) is 61.6 Å². The zero-order valence-corrected chi connectivity index (χ0v) is 13.7. The molecule has 1 aromatic carbocycles. The predicted molar refractivity (Wildman–Crippen MR) is 86.9 cm³/mol. The molecule has 1 unspecified atom stereocenters. The highest BCUT2D eigenvalue weighted by Crippen LogP contribution is 2.43. The van der Waals surface area contributed by atoms with Crippen molar-refractivity contribution >= 4 is 21.7 Å². The van der Waals surface area contributed by atoms with Crippen LogP contribution in [0.4, 0.5) is 10.2 Å². The lowest BCUT2D eigenvalue weighted by Crippen LogP contribution is -2.14. The first-order valence-corrected chi connectivity index (χ1v) is 7.96. The Balaban J connectivity index is 1.89. The summed E-state index contributed by atoms with van der Waals surface area (Å²) in [6.45, 7) is 1.81. The molecule has 1 aromatic heterocycles. The molecule has 2 aromatic rings. The van der Waals surface area contributed by atoms with Gasteiger partial charge in [0.05, 0.1) is 17.3 Å². The number of halogens is 2. The van der Waals surface area contributed by atoms with Crippen LogP contribution in [0.5, 0.6) is 0 Å². The maximum atomic E-state index is 13.7. The van der Waals surface area contributed by atoms with E-state index in [1.807, 2.05) is 13.0 Å². The van der Waals surface area contributed by atoms with Gasteiger partial charge in [-0.3, -0.25) is 0 Å². The van der Waals surface area contributed by atoms with Crippen LogP contribution in [-0.4, -0.2) is 4.98 Å². The fraction of sp³-hybridized carbons (Fsp3) is 0.294. The van der Waals surface area contributed by atoms with Gasteiger partial charge in [0.2, 0.25) is 0 Å². The SMILES string of the molecule is Cc1nc(NC(c2cc(F)cc(Br)c2)C2CC2)ccc1C#N. The summed E-state index contributed by atoms with van der Waals surface area (Å²) in [5.74, 6) is 0.959. The summed E-state index contributed by atoms with van der Waals surface area (Å²) >= 11 is 3.35. The number of rotatable bonds is 4. The summed E-state index contributed by atoms with van der Waals surface area (Å²) in [7, 11) is 0. The van der Waals surface area contributed by atoms with Gasteiger partial charge in [-0.15, -0.1) is 0 Å². The van der Waals surface area contributed by atoms with Crippen LogP contribution >= 0.6 is 15.9 Å². The maximum absolute atomic E-state index is 13.7. The second-order valence-corrected chi connectivity index (χ2v) is 6.52. The molecule has 0 aliphatic heterocycles. The number of anilines is 1. The predicted octanol–water partition coefficient (Wildman–Crippen LogP) is 4.73. The standard InChI is InChI=1S/C17H15BrFN3/c1-10-12(9-20)4-5-16(21-10)22-17(11-2-3-11)13-6-14(18)8-15(19)7-13/h4-8,11,17H,2-3H2,1H3,(H,21,22). The maximum Gasteiger partial charge on any atom is 0.126 e. The highest BCUT2D eigenvalue weighted by Gasteiger charge is 2.33. The number of pyridine rings is 1. The van der Waals surface area contributed by atoms with Crippen LogP contribution in [0.25, 0.3) is 0 Å². The van der Waals surface area contributed by atoms with Gasteiger partial charge in [0, 0.05) is 4.47 Å². The number of nitrogens with one attached hydrogen (secondary N) is 1. The normalized spacial score (nSPS) is 15.2. The average molecular weight is 360 g/mol. The Kier molecular flexibility index (Phi) is 4.12. The van der Waals surface area contributed by atoms with Crippen molar-refractivity contribution in [3.63, 3.8) is 0 Å². The van der Waals surface area contributed by atoms with Crippen molar-refractivity contribution in [3.05, 3.63) is 57.4 Å². The highest BCUT2D eigenvalue weighted by atomic mass is 79.9. The van der Waals surface area contributed by atoms with Crippen molar-refractivity contribution in [2.24, 2.45) is 5.92 Å². The first-order chi connectivity index (χ1) is 10.6. The molecule has 0 radical (unpaired) electrons. The van der Waals surface area contributed by atoms with E-state index in [4.69, 9.17) is 5.26 Å². The lowest BCUT2D eigenvalue weighted by atomic mass is 10.0. The molecule has 1 saturated carbocycles. The van der Waals surface area contributed by atoms with E-state index in [-0.39, 0.29) is 11.9 Å². The molecule has 0 bridgehead atoms. The van der Waals surface area contributed by atoms with E-state index in [0.717, 1.165) is 22.9 Å². The molecule has 0 amide bonds. The van der Waals surface area contributed by atoms with Gasteiger partial charge >= 0.3 is 0 Å². The summed E-state index contributed by atoms with van der Waals surface area (Å²) in [5.41, 5.74) is 2.18. The van der Waals surface area contributed by atoms with Gasteiger partial charge in [0.15, 0.2) is 0 Å². The van der Waals surface area contributed by atoms with Crippen molar-refractivity contribution < 1.29 is 4.39 Å². The first kappa shape index (κ1) is 15.0. The number of nitrogens with zero attached hydrogens (tertiary/aromatic N) is 2. The Hall–Kier alpha value is -1.93. The van der Waals surface area contributed by atoms with E-state index < -0.39 is 0 Å². The Morgan fingerprint density at radius 2 is 2.14 bits per heavy atom. The zero-order valence-electron chi connectivity index (χ0n) is 12.1. The molecule has 22 heavy (non-hydrogen) atoms. The Labute approximate surface area is 137 Å². The van der Waals surface area contributed by atoms with Crippen LogP contribution in [-0.2, 0) is 0 Å². The van der Waals surface area contributed by atoms with Gasteiger partial charge in [0.25, 0.3) is 0 Å². The topological polar surface area (TPSA) is 48.7 Å². The van der Waals surface area contributed by atoms with E-state index in [1.165, 1.54) is 6.07 Å².